The lowest BCUT2D eigenvalue weighted by molar-refractivity contribution is 0.562. The van der Waals surface area contributed by atoms with Gasteiger partial charge in [-0.1, -0.05) is 42.0 Å². The fourth-order valence-electron chi connectivity index (χ4n) is 2.13. The van der Waals surface area contributed by atoms with Crippen molar-refractivity contribution >= 4 is 26.9 Å². The summed E-state index contributed by atoms with van der Waals surface area (Å²) in [5.41, 5.74) is 2.82. The molecule has 0 saturated carbocycles. The van der Waals surface area contributed by atoms with Crippen LogP contribution in [0.2, 0.25) is 0 Å². The molecular weight excluding hydrogens is 304 g/mol. The maximum Gasteiger partial charge on any atom is 0.345 e. The highest BCUT2D eigenvalue weighted by molar-refractivity contribution is 9.10. The molecule has 94 valence electrons. The van der Waals surface area contributed by atoms with Crippen molar-refractivity contribution in [3.63, 3.8) is 0 Å². The van der Waals surface area contributed by atoms with E-state index in [-0.39, 0.29) is 5.63 Å². The summed E-state index contributed by atoms with van der Waals surface area (Å²) >= 11 is 3.54. The fraction of sp³-hybridized carbons (Fsp3) is 0.0625. The van der Waals surface area contributed by atoms with Gasteiger partial charge < -0.3 is 4.42 Å². The van der Waals surface area contributed by atoms with Gasteiger partial charge in [0.1, 0.15) is 5.58 Å². The van der Waals surface area contributed by atoms with Crippen LogP contribution in [0, 0.1) is 6.92 Å². The van der Waals surface area contributed by atoms with E-state index in [1.165, 1.54) is 0 Å². The highest BCUT2D eigenvalue weighted by atomic mass is 79.9. The molecule has 1 aromatic heterocycles. The van der Waals surface area contributed by atoms with E-state index < -0.39 is 0 Å². The van der Waals surface area contributed by atoms with E-state index in [9.17, 15) is 4.79 Å². The second-order valence-electron chi connectivity index (χ2n) is 4.44. The monoisotopic (exact) mass is 314 g/mol. The first-order chi connectivity index (χ1) is 9.16. The minimum atomic E-state index is -0.325. The van der Waals surface area contributed by atoms with Gasteiger partial charge in [0.2, 0.25) is 0 Å². The zero-order chi connectivity index (χ0) is 13.4. The van der Waals surface area contributed by atoms with Crippen molar-refractivity contribution < 1.29 is 4.42 Å². The summed E-state index contributed by atoms with van der Waals surface area (Å²) < 4.78 is 6.18. The highest BCUT2D eigenvalue weighted by Gasteiger charge is 2.14. The molecule has 0 N–H and O–H groups in total. The number of aryl methyl sites for hydroxylation is 1. The summed E-state index contributed by atoms with van der Waals surface area (Å²) in [6, 6.07) is 15.3. The average molecular weight is 315 g/mol. The standard InChI is InChI=1S/C16H11BrO2/c1-10-7-8-13-12(9-10)15(17)14(16(18)19-13)11-5-3-2-4-6-11/h2-9H,1H3. The Morgan fingerprint density at radius 1 is 1.05 bits per heavy atom. The third kappa shape index (κ3) is 2.10. The Bertz CT molecular complexity index is 804. The Balaban J connectivity index is 2.40. The van der Waals surface area contributed by atoms with Gasteiger partial charge in [-0.3, -0.25) is 0 Å². The van der Waals surface area contributed by atoms with Crippen molar-refractivity contribution in [1.82, 2.24) is 0 Å². The van der Waals surface area contributed by atoms with Gasteiger partial charge in [-0.15, -0.1) is 0 Å². The van der Waals surface area contributed by atoms with Crippen LogP contribution < -0.4 is 5.63 Å². The Kier molecular flexibility index (Phi) is 2.99. The molecule has 0 unspecified atom stereocenters. The molecule has 0 bridgehead atoms. The van der Waals surface area contributed by atoms with Crippen molar-refractivity contribution in [2.24, 2.45) is 0 Å². The van der Waals surface area contributed by atoms with Crippen LogP contribution in [0.3, 0.4) is 0 Å². The fourth-order valence-corrected chi connectivity index (χ4v) is 2.83. The summed E-state index contributed by atoms with van der Waals surface area (Å²) in [4.78, 5) is 12.1. The van der Waals surface area contributed by atoms with Crippen molar-refractivity contribution in [2.45, 2.75) is 6.92 Å². The van der Waals surface area contributed by atoms with Gasteiger partial charge in [0.25, 0.3) is 0 Å². The van der Waals surface area contributed by atoms with Gasteiger partial charge in [0.15, 0.2) is 0 Å². The van der Waals surface area contributed by atoms with E-state index in [2.05, 4.69) is 15.9 Å². The average Bonchev–Trinajstić information content (AvgIpc) is 2.41. The lowest BCUT2D eigenvalue weighted by atomic mass is 10.1. The first-order valence-corrected chi connectivity index (χ1v) is 6.74. The van der Waals surface area contributed by atoms with Gasteiger partial charge in [-0.25, -0.2) is 4.79 Å². The quantitative estimate of drug-likeness (QED) is 0.618. The molecule has 2 nitrogen and oxygen atoms in total. The van der Waals surface area contributed by atoms with E-state index in [1.54, 1.807) is 0 Å². The zero-order valence-electron chi connectivity index (χ0n) is 10.3. The molecule has 0 aliphatic heterocycles. The number of fused-ring (bicyclic) bond motifs is 1. The Labute approximate surface area is 118 Å². The lowest BCUT2D eigenvalue weighted by Crippen LogP contribution is -2.04. The van der Waals surface area contributed by atoms with Crippen LogP contribution in [-0.2, 0) is 0 Å². The summed E-state index contributed by atoms with van der Waals surface area (Å²) in [6.45, 7) is 2.01. The molecule has 19 heavy (non-hydrogen) atoms. The Morgan fingerprint density at radius 2 is 1.79 bits per heavy atom. The molecule has 0 aliphatic rings. The van der Waals surface area contributed by atoms with Crippen LogP contribution in [-0.4, -0.2) is 0 Å². The van der Waals surface area contributed by atoms with Crippen LogP contribution in [0.5, 0.6) is 0 Å². The topological polar surface area (TPSA) is 30.2 Å². The maximum atomic E-state index is 12.1. The summed E-state index contributed by atoms with van der Waals surface area (Å²) in [7, 11) is 0. The van der Waals surface area contributed by atoms with Crippen molar-refractivity contribution in [3.8, 4) is 11.1 Å². The third-order valence-corrected chi connectivity index (χ3v) is 3.88. The van der Waals surface area contributed by atoms with Gasteiger partial charge in [-0.2, -0.15) is 0 Å². The van der Waals surface area contributed by atoms with E-state index in [0.717, 1.165) is 21.0 Å². The second-order valence-corrected chi connectivity index (χ2v) is 5.24. The SMILES string of the molecule is Cc1ccc2oc(=O)c(-c3ccccc3)c(Br)c2c1. The summed E-state index contributed by atoms with van der Waals surface area (Å²) in [5, 5.41) is 0.915. The van der Waals surface area contributed by atoms with Gasteiger partial charge >= 0.3 is 5.63 Å². The third-order valence-electron chi connectivity index (χ3n) is 3.06. The summed E-state index contributed by atoms with van der Waals surface area (Å²) in [5.74, 6) is 0. The number of halogens is 1. The minimum Gasteiger partial charge on any atom is -0.422 e. The molecule has 0 aliphatic carbocycles. The van der Waals surface area contributed by atoms with Gasteiger partial charge in [-0.05, 0) is 40.5 Å². The van der Waals surface area contributed by atoms with Gasteiger partial charge in [0.05, 0.1) is 5.56 Å². The zero-order valence-corrected chi connectivity index (χ0v) is 11.9. The first-order valence-electron chi connectivity index (χ1n) is 5.95. The van der Waals surface area contributed by atoms with Crippen molar-refractivity contribution in [3.05, 3.63) is 69.0 Å². The Hall–Kier alpha value is -1.87. The van der Waals surface area contributed by atoms with Crippen LogP contribution >= 0.6 is 15.9 Å². The highest BCUT2D eigenvalue weighted by Crippen LogP contribution is 2.32. The number of rotatable bonds is 1. The molecule has 0 fully saturated rings. The molecule has 2 aromatic carbocycles. The molecule has 0 radical (unpaired) electrons. The van der Waals surface area contributed by atoms with E-state index in [1.807, 2.05) is 55.5 Å². The van der Waals surface area contributed by atoms with Crippen LogP contribution in [0.25, 0.3) is 22.1 Å². The van der Waals surface area contributed by atoms with Crippen LogP contribution in [0.4, 0.5) is 0 Å². The molecule has 0 amide bonds. The number of hydrogen-bond acceptors (Lipinski definition) is 2. The van der Waals surface area contributed by atoms with Crippen molar-refractivity contribution in [1.29, 1.82) is 0 Å². The van der Waals surface area contributed by atoms with Crippen LogP contribution in [0.15, 0.2) is 62.2 Å². The maximum absolute atomic E-state index is 12.1. The predicted molar refractivity (Wildman–Crippen MR) is 80.4 cm³/mol. The molecule has 3 heteroatoms. The minimum absolute atomic E-state index is 0.325. The smallest absolute Gasteiger partial charge is 0.345 e. The molecule has 0 atom stereocenters. The predicted octanol–water partition coefficient (Wildman–Crippen LogP) is 4.53. The van der Waals surface area contributed by atoms with E-state index >= 15 is 0 Å². The number of benzene rings is 2. The molecule has 1 heterocycles. The molecule has 3 aromatic rings. The Morgan fingerprint density at radius 3 is 2.53 bits per heavy atom. The first kappa shape index (κ1) is 12.2. The molecular formula is C16H11BrO2. The molecule has 0 spiro atoms. The normalized spacial score (nSPS) is 10.8. The largest absolute Gasteiger partial charge is 0.422 e. The van der Waals surface area contributed by atoms with Crippen LogP contribution in [0.1, 0.15) is 5.56 Å². The van der Waals surface area contributed by atoms with E-state index in [4.69, 9.17) is 4.42 Å². The summed E-state index contributed by atoms with van der Waals surface area (Å²) in [6.07, 6.45) is 0. The molecule has 0 saturated heterocycles. The lowest BCUT2D eigenvalue weighted by Gasteiger charge is -2.07. The van der Waals surface area contributed by atoms with E-state index in [0.29, 0.717) is 11.1 Å². The number of hydrogen-bond donors (Lipinski definition) is 0. The second kappa shape index (κ2) is 4.67. The molecule has 3 rings (SSSR count). The van der Waals surface area contributed by atoms with Crippen molar-refractivity contribution in [2.75, 3.05) is 0 Å². The van der Waals surface area contributed by atoms with Gasteiger partial charge in [0, 0.05) is 9.86 Å².